The van der Waals surface area contributed by atoms with Gasteiger partial charge in [0.15, 0.2) is 5.76 Å². The van der Waals surface area contributed by atoms with E-state index >= 15 is 0 Å². The van der Waals surface area contributed by atoms with E-state index in [1.807, 2.05) is 30.3 Å². The molecule has 1 fully saturated rings. The van der Waals surface area contributed by atoms with Crippen LogP contribution in [0.25, 0.3) is 16.7 Å². The fraction of sp³-hybridized carbons (Fsp3) is 0.238. The molecule has 1 aliphatic rings. The van der Waals surface area contributed by atoms with E-state index in [9.17, 15) is 9.18 Å². The van der Waals surface area contributed by atoms with Crippen molar-refractivity contribution in [1.29, 1.82) is 0 Å². The summed E-state index contributed by atoms with van der Waals surface area (Å²) in [4.78, 5) is 16.8. The van der Waals surface area contributed by atoms with E-state index in [-0.39, 0.29) is 17.5 Å². The molecule has 0 aliphatic carbocycles. The zero-order chi connectivity index (χ0) is 20.7. The van der Waals surface area contributed by atoms with Crippen molar-refractivity contribution in [3.05, 3.63) is 65.7 Å². The molecule has 0 saturated carbocycles. The summed E-state index contributed by atoms with van der Waals surface area (Å²) >= 11 is 0. The van der Waals surface area contributed by atoms with Gasteiger partial charge in [0.25, 0.3) is 5.91 Å². The molecule has 30 heavy (non-hydrogen) atoms. The molecule has 1 saturated heterocycles. The molecule has 1 amide bonds. The minimum Gasteiger partial charge on any atom is -0.451 e. The lowest BCUT2D eigenvalue weighted by Gasteiger charge is -2.34. The van der Waals surface area contributed by atoms with Gasteiger partial charge in [-0.3, -0.25) is 4.79 Å². The molecule has 2 aromatic carbocycles. The standard InChI is InChI=1S/C21H19FN6O2/c1-14-17-13-15(22)7-8-18(17)30-19(14)20(29)26-9-11-27(12-10-26)21-23-24-25-28(21)16-5-3-2-4-6-16/h2-8,13H,9-12H2,1H3. The Labute approximate surface area is 171 Å². The second-order valence-corrected chi connectivity index (χ2v) is 7.20. The first-order chi connectivity index (χ1) is 14.6. The minimum atomic E-state index is -0.352. The van der Waals surface area contributed by atoms with Gasteiger partial charge in [0, 0.05) is 37.1 Å². The van der Waals surface area contributed by atoms with Crippen LogP contribution in [0.2, 0.25) is 0 Å². The molecule has 0 radical (unpaired) electrons. The molecule has 8 nitrogen and oxygen atoms in total. The number of hydrogen-bond acceptors (Lipinski definition) is 6. The first-order valence-electron chi connectivity index (χ1n) is 9.68. The number of anilines is 1. The van der Waals surface area contributed by atoms with E-state index in [1.165, 1.54) is 12.1 Å². The van der Waals surface area contributed by atoms with Crippen molar-refractivity contribution in [3.63, 3.8) is 0 Å². The highest BCUT2D eigenvalue weighted by atomic mass is 19.1. The van der Waals surface area contributed by atoms with Crippen molar-refractivity contribution < 1.29 is 13.6 Å². The van der Waals surface area contributed by atoms with Gasteiger partial charge in [0.1, 0.15) is 11.4 Å². The second kappa shape index (κ2) is 7.25. The molecule has 4 aromatic rings. The van der Waals surface area contributed by atoms with Gasteiger partial charge in [-0.25, -0.2) is 4.39 Å². The van der Waals surface area contributed by atoms with E-state index in [0.29, 0.717) is 48.7 Å². The number of halogens is 1. The lowest BCUT2D eigenvalue weighted by molar-refractivity contribution is 0.0715. The zero-order valence-corrected chi connectivity index (χ0v) is 16.3. The van der Waals surface area contributed by atoms with E-state index in [0.717, 1.165) is 5.69 Å². The molecule has 1 aliphatic heterocycles. The van der Waals surface area contributed by atoms with Crippen molar-refractivity contribution in [2.75, 3.05) is 31.1 Å². The lowest BCUT2D eigenvalue weighted by Crippen LogP contribution is -2.49. The SMILES string of the molecule is Cc1c(C(=O)N2CCN(c3nnnn3-c3ccccc3)CC2)oc2ccc(F)cc12. The fourth-order valence-corrected chi connectivity index (χ4v) is 3.77. The number of aryl methyl sites for hydroxylation is 1. The summed E-state index contributed by atoms with van der Waals surface area (Å²) in [6, 6.07) is 13.9. The Morgan fingerprint density at radius 1 is 1.07 bits per heavy atom. The quantitative estimate of drug-likeness (QED) is 0.521. The molecule has 3 heterocycles. The molecule has 5 rings (SSSR count). The first kappa shape index (κ1) is 18.3. The number of amides is 1. The third kappa shape index (κ3) is 3.08. The summed E-state index contributed by atoms with van der Waals surface area (Å²) in [6.45, 7) is 3.97. The van der Waals surface area contributed by atoms with Crippen molar-refractivity contribution >= 4 is 22.8 Å². The Bertz CT molecular complexity index is 1210. The van der Waals surface area contributed by atoms with Crippen LogP contribution >= 0.6 is 0 Å². The number of nitrogens with zero attached hydrogens (tertiary/aromatic N) is 6. The minimum absolute atomic E-state index is 0.189. The predicted molar refractivity (Wildman–Crippen MR) is 108 cm³/mol. The van der Waals surface area contributed by atoms with Gasteiger partial charge in [-0.1, -0.05) is 23.3 Å². The molecule has 0 unspecified atom stereocenters. The Morgan fingerprint density at radius 3 is 2.60 bits per heavy atom. The Kier molecular flexibility index (Phi) is 4.42. The molecule has 2 aromatic heterocycles. The van der Waals surface area contributed by atoms with E-state index < -0.39 is 0 Å². The third-order valence-corrected chi connectivity index (χ3v) is 5.40. The summed E-state index contributed by atoms with van der Waals surface area (Å²) in [6.07, 6.45) is 0. The average Bonchev–Trinajstić information content (AvgIpc) is 3.39. The van der Waals surface area contributed by atoms with E-state index in [4.69, 9.17) is 4.42 Å². The molecule has 0 spiro atoms. The largest absolute Gasteiger partial charge is 0.451 e. The normalized spacial score (nSPS) is 14.5. The van der Waals surface area contributed by atoms with Crippen LogP contribution in [0.3, 0.4) is 0 Å². The van der Waals surface area contributed by atoms with Gasteiger partial charge < -0.3 is 14.2 Å². The van der Waals surface area contributed by atoms with Crippen molar-refractivity contribution in [2.24, 2.45) is 0 Å². The number of carbonyl (C=O) groups is 1. The summed E-state index contributed by atoms with van der Waals surface area (Å²) < 4.78 is 21.0. The van der Waals surface area contributed by atoms with Crippen molar-refractivity contribution in [2.45, 2.75) is 6.92 Å². The Hall–Kier alpha value is -3.75. The smallest absolute Gasteiger partial charge is 0.290 e. The van der Waals surface area contributed by atoms with Crippen molar-refractivity contribution in [3.8, 4) is 5.69 Å². The maximum Gasteiger partial charge on any atom is 0.290 e. The van der Waals surface area contributed by atoms with E-state index in [2.05, 4.69) is 20.4 Å². The molecule has 9 heteroatoms. The number of furan rings is 1. The number of aromatic nitrogens is 4. The molecule has 0 atom stereocenters. The fourth-order valence-electron chi connectivity index (χ4n) is 3.77. The molecule has 152 valence electrons. The number of para-hydroxylation sites is 1. The van der Waals surface area contributed by atoms with Gasteiger partial charge >= 0.3 is 0 Å². The zero-order valence-electron chi connectivity index (χ0n) is 16.3. The van der Waals surface area contributed by atoms with E-state index in [1.54, 1.807) is 22.6 Å². The topological polar surface area (TPSA) is 80.3 Å². The maximum atomic E-state index is 13.6. The number of piperazine rings is 1. The number of benzene rings is 2. The van der Waals surface area contributed by atoms with Gasteiger partial charge in [-0.2, -0.15) is 4.68 Å². The lowest BCUT2D eigenvalue weighted by atomic mass is 10.1. The van der Waals surface area contributed by atoms with Crippen LogP contribution in [-0.2, 0) is 0 Å². The van der Waals surface area contributed by atoms with Crippen LogP contribution in [0.15, 0.2) is 52.9 Å². The second-order valence-electron chi connectivity index (χ2n) is 7.20. The van der Waals surface area contributed by atoms with Crippen LogP contribution in [0.1, 0.15) is 16.1 Å². The van der Waals surface area contributed by atoms with Crippen molar-refractivity contribution in [1.82, 2.24) is 25.1 Å². The number of tetrazole rings is 1. The average molecular weight is 406 g/mol. The van der Waals surface area contributed by atoms with Gasteiger partial charge in [0.2, 0.25) is 5.95 Å². The predicted octanol–water partition coefficient (Wildman–Crippen LogP) is 2.82. The third-order valence-electron chi connectivity index (χ3n) is 5.40. The maximum absolute atomic E-state index is 13.6. The van der Waals surface area contributed by atoms with Gasteiger partial charge in [-0.15, -0.1) is 0 Å². The molecule has 0 N–H and O–H groups in total. The van der Waals surface area contributed by atoms with Crippen LogP contribution in [-0.4, -0.2) is 57.2 Å². The first-order valence-corrected chi connectivity index (χ1v) is 9.68. The highest BCUT2D eigenvalue weighted by molar-refractivity contribution is 5.99. The Balaban J connectivity index is 1.33. The number of rotatable bonds is 3. The highest BCUT2D eigenvalue weighted by Crippen LogP contribution is 2.27. The monoisotopic (exact) mass is 406 g/mol. The number of carbonyl (C=O) groups excluding carboxylic acids is 1. The van der Waals surface area contributed by atoms with Crippen LogP contribution in [0.5, 0.6) is 0 Å². The summed E-state index contributed by atoms with van der Waals surface area (Å²) in [7, 11) is 0. The van der Waals surface area contributed by atoms with Gasteiger partial charge in [-0.05, 0) is 47.7 Å². The summed E-state index contributed by atoms with van der Waals surface area (Å²) in [5, 5.41) is 12.7. The molecule has 0 bridgehead atoms. The summed E-state index contributed by atoms with van der Waals surface area (Å²) in [5.41, 5.74) is 2.05. The number of hydrogen-bond donors (Lipinski definition) is 0. The molecular formula is C21H19FN6O2. The van der Waals surface area contributed by atoms with Crippen LogP contribution < -0.4 is 4.90 Å². The van der Waals surface area contributed by atoms with Crippen LogP contribution in [0, 0.1) is 12.7 Å². The Morgan fingerprint density at radius 2 is 1.83 bits per heavy atom. The van der Waals surface area contributed by atoms with Crippen LogP contribution in [0.4, 0.5) is 10.3 Å². The van der Waals surface area contributed by atoms with Gasteiger partial charge in [0.05, 0.1) is 5.69 Å². The summed E-state index contributed by atoms with van der Waals surface area (Å²) in [5.74, 6) is 0.364. The number of fused-ring (bicyclic) bond motifs is 1. The molecular weight excluding hydrogens is 387 g/mol. The highest BCUT2D eigenvalue weighted by Gasteiger charge is 2.28.